The Kier molecular flexibility index (Phi) is 6.75. The molecule has 2 N–H and O–H groups in total. The van der Waals surface area contributed by atoms with Gasteiger partial charge in [0.15, 0.2) is 6.10 Å². The molecule has 2 aliphatic rings. The SMILES string of the molecule is CC1Oc2ccc(NC(=O)NC3CCCCC3)cc2N(CCCc2ccccc2)C1=O. The lowest BCUT2D eigenvalue weighted by Crippen LogP contribution is -2.45. The van der Waals surface area contributed by atoms with Crippen molar-refractivity contribution in [1.82, 2.24) is 5.32 Å². The van der Waals surface area contributed by atoms with Crippen molar-refractivity contribution in [3.8, 4) is 5.75 Å². The third-order valence-electron chi connectivity index (χ3n) is 6.06. The van der Waals surface area contributed by atoms with Gasteiger partial charge < -0.3 is 20.3 Å². The van der Waals surface area contributed by atoms with Crippen LogP contribution in [0.4, 0.5) is 16.2 Å². The molecule has 1 aliphatic carbocycles. The number of benzene rings is 2. The molecule has 2 aromatic carbocycles. The number of anilines is 2. The van der Waals surface area contributed by atoms with E-state index >= 15 is 0 Å². The highest BCUT2D eigenvalue weighted by atomic mass is 16.5. The number of nitrogens with one attached hydrogen (secondary N) is 2. The first kappa shape index (κ1) is 21.2. The van der Waals surface area contributed by atoms with Gasteiger partial charge in [-0.3, -0.25) is 4.79 Å². The van der Waals surface area contributed by atoms with Crippen molar-refractivity contribution < 1.29 is 14.3 Å². The Hall–Kier alpha value is -3.02. The highest BCUT2D eigenvalue weighted by molar-refractivity contribution is 6.01. The molecular formula is C25H31N3O3. The van der Waals surface area contributed by atoms with Crippen LogP contribution in [-0.4, -0.2) is 30.6 Å². The largest absolute Gasteiger partial charge is 0.479 e. The molecule has 1 heterocycles. The fraction of sp³-hybridized carbons (Fsp3) is 0.440. The van der Waals surface area contributed by atoms with Gasteiger partial charge in [0.05, 0.1) is 5.69 Å². The molecule has 6 heteroatoms. The summed E-state index contributed by atoms with van der Waals surface area (Å²) in [5.41, 5.74) is 2.63. The van der Waals surface area contributed by atoms with Gasteiger partial charge in [0.2, 0.25) is 0 Å². The fourth-order valence-electron chi connectivity index (χ4n) is 4.40. The zero-order chi connectivity index (χ0) is 21.6. The van der Waals surface area contributed by atoms with Crippen molar-refractivity contribution in [3.63, 3.8) is 0 Å². The minimum absolute atomic E-state index is 0.0515. The van der Waals surface area contributed by atoms with Gasteiger partial charge in [-0.2, -0.15) is 0 Å². The Morgan fingerprint density at radius 2 is 1.87 bits per heavy atom. The van der Waals surface area contributed by atoms with E-state index in [0.717, 1.165) is 25.7 Å². The Labute approximate surface area is 184 Å². The Balaban J connectivity index is 1.43. The van der Waals surface area contributed by atoms with Crippen LogP contribution in [0.3, 0.4) is 0 Å². The number of aryl methyl sites for hydroxylation is 1. The number of hydrogen-bond donors (Lipinski definition) is 2. The Morgan fingerprint density at radius 3 is 2.65 bits per heavy atom. The minimum Gasteiger partial charge on any atom is -0.479 e. The number of ether oxygens (including phenoxy) is 1. The van der Waals surface area contributed by atoms with Crippen LogP contribution in [0.1, 0.15) is 51.0 Å². The van der Waals surface area contributed by atoms with Crippen LogP contribution in [0, 0.1) is 0 Å². The summed E-state index contributed by atoms with van der Waals surface area (Å²) in [5.74, 6) is 0.620. The smallest absolute Gasteiger partial charge is 0.319 e. The third kappa shape index (κ3) is 5.37. The summed E-state index contributed by atoms with van der Waals surface area (Å²) in [5, 5.41) is 5.99. The van der Waals surface area contributed by atoms with Crippen LogP contribution in [0.25, 0.3) is 0 Å². The number of rotatable bonds is 6. The van der Waals surface area contributed by atoms with Gasteiger partial charge in [-0.05, 0) is 56.4 Å². The fourth-order valence-corrected chi connectivity index (χ4v) is 4.40. The summed E-state index contributed by atoms with van der Waals surface area (Å²) in [6.07, 6.45) is 6.88. The number of carbonyl (C=O) groups is 2. The molecule has 0 radical (unpaired) electrons. The van der Waals surface area contributed by atoms with Crippen molar-refractivity contribution in [3.05, 3.63) is 54.1 Å². The first-order valence-electron chi connectivity index (χ1n) is 11.3. The second-order valence-electron chi connectivity index (χ2n) is 8.46. The van der Waals surface area contributed by atoms with Crippen LogP contribution in [0.15, 0.2) is 48.5 Å². The molecule has 6 nitrogen and oxygen atoms in total. The summed E-state index contributed by atoms with van der Waals surface area (Å²) < 4.78 is 5.80. The molecule has 164 valence electrons. The molecule has 0 bridgehead atoms. The Bertz CT molecular complexity index is 909. The number of carbonyl (C=O) groups excluding carboxylic acids is 2. The van der Waals surface area contributed by atoms with Gasteiger partial charge in [-0.15, -0.1) is 0 Å². The summed E-state index contributed by atoms with van der Waals surface area (Å²) in [7, 11) is 0. The van der Waals surface area contributed by atoms with E-state index in [1.54, 1.807) is 11.8 Å². The van der Waals surface area contributed by atoms with Crippen molar-refractivity contribution in [2.75, 3.05) is 16.8 Å². The molecule has 3 amide bonds. The maximum absolute atomic E-state index is 12.8. The molecule has 0 spiro atoms. The van der Waals surface area contributed by atoms with E-state index in [1.165, 1.54) is 24.8 Å². The summed E-state index contributed by atoms with van der Waals surface area (Å²) in [4.78, 5) is 27.1. The van der Waals surface area contributed by atoms with E-state index < -0.39 is 6.10 Å². The first-order chi connectivity index (χ1) is 15.1. The molecule has 0 aromatic heterocycles. The van der Waals surface area contributed by atoms with Gasteiger partial charge in [-0.1, -0.05) is 49.6 Å². The predicted octanol–water partition coefficient (Wildman–Crippen LogP) is 4.89. The van der Waals surface area contributed by atoms with Gasteiger partial charge >= 0.3 is 6.03 Å². The number of amides is 3. The highest BCUT2D eigenvalue weighted by Crippen LogP contribution is 2.36. The number of fused-ring (bicyclic) bond motifs is 1. The maximum atomic E-state index is 12.8. The van der Waals surface area contributed by atoms with E-state index in [1.807, 2.05) is 36.4 Å². The second-order valence-corrected chi connectivity index (χ2v) is 8.46. The monoisotopic (exact) mass is 421 g/mol. The highest BCUT2D eigenvalue weighted by Gasteiger charge is 2.31. The topological polar surface area (TPSA) is 70.7 Å². The molecule has 4 rings (SSSR count). The predicted molar refractivity (Wildman–Crippen MR) is 123 cm³/mol. The molecule has 1 aliphatic heterocycles. The van der Waals surface area contributed by atoms with E-state index in [9.17, 15) is 9.59 Å². The molecule has 31 heavy (non-hydrogen) atoms. The standard InChI is InChI=1S/C25H31N3O3/c1-18-24(29)28(16-8-11-19-9-4-2-5-10-19)22-17-21(14-15-23(22)31-18)27-25(30)26-20-12-6-3-7-13-20/h2,4-5,9-10,14-15,17-18,20H,3,6-8,11-13,16H2,1H3,(H2,26,27,30). The van der Waals surface area contributed by atoms with Crippen molar-refractivity contribution >= 4 is 23.3 Å². The molecule has 1 atom stereocenters. The molecule has 1 saturated carbocycles. The molecular weight excluding hydrogens is 390 g/mol. The quantitative estimate of drug-likeness (QED) is 0.698. The van der Waals surface area contributed by atoms with Crippen LogP contribution in [0.5, 0.6) is 5.75 Å². The third-order valence-corrected chi connectivity index (χ3v) is 6.06. The second kappa shape index (κ2) is 9.86. The lowest BCUT2D eigenvalue weighted by molar-refractivity contribution is -0.125. The minimum atomic E-state index is -0.516. The van der Waals surface area contributed by atoms with E-state index in [4.69, 9.17) is 4.74 Å². The molecule has 2 aromatic rings. The Morgan fingerprint density at radius 1 is 1.10 bits per heavy atom. The van der Waals surface area contributed by atoms with Crippen molar-refractivity contribution in [2.45, 2.75) is 64.0 Å². The van der Waals surface area contributed by atoms with E-state index in [0.29, 0.717) is 23.7 Å². The summed E-state index contributed by atoms with van der Waals surface area (Å²) in [6.45, 7) is 2.38. The molecule has 1 fully saturated rings. The normalized spacial score (nSPS) is 18.8. The lowest BCUT2D eigenvalue weighted by atomic mass is 9.96. The molecule has 0 saturated heterocycles. The first-order valence-corrected chi connectivity index (χ1v) is 11.3. The van der Waals surface area contributed by atoms with Crippen LogP contribution in [-0.2, 0) is 11.2 Å². The average Bonchev–Trinajstić information content (AvgIpc) is 2.78. The summed E-state index contributed by atoms with van der Waals surface area (Å²) >= 11 is 0. The van der Waals surface area contributed by atoms with Crippen molar-refractivity contribution in [1.29, 1.82) is 0 Å². The number of hydrogen-bond acceptors (Lipinski definition) is 3. The van der Waals surface area contributed by atoms with Gasteiger partial charge in [-0.25, -0.2) is 4.79 Å². The van der Waals surface area contributed by atoms with Gasteiger partial charge in [0.25, 0.3) is 5.91 Å². The van der Waals surface area contributed by atoms with E-state index in [-0.39, 0.29) is 18.0 Å². The lowest BCUT2D eigenvalue weighted by Gasteiger charge is -2.33. The van der Waals surface area contributed by atoms with Gasteiger partial charge in [0, 0.05) is 18.3 Å². The number of urea groups is 1. The van der Waals surface area contributed by atoms with Crippen LogP contribution < -0.4 is 20.3 Å². The maximum Gasteiger partial charge on any atom is 0.319 e. The average molecular weight is 422 g/mol. The van der Waals surface area contributed by atoms with Gasteiger partial charge in [0.1, 0.15) is 5.75 Å². The zero-order valence-electron chi connectivity index (χ0n) is 18.1. The number of nitrogens with zero attached hydrogens (tertiary/aromatic N) is 1. The van der Waals surface area contributed by atoms with Crippen LogP contribution in [0.2, 0.25) is 0 Å². The zero-order valence-corrected chi connectivity index (χ0v) is 18.1. The molecule has 1 unspecified atom stereocenters. The van der Waals surface area contributed by atoms with Crippen LogP contribution >= 0.6 is 0 Å². The summed E-state index contributed by atoms with van der Waals surface area (Å²) in [6, 6.07) is 15.8. The van der Waals surface area contributed by atoms with E-state index in [2.05, 4.69) is 22.8 Å². The van der Waals surface area contributed by atoms with Crippen molar-refractivity contribution in [2.24, 2.45) is 0 Å².